The second kappa shape index (κ2) is 15.5. The summed E-state index contributed by atoms with van der Waals surface area (Å²) in [6.07, 6.45) is -2.44. The van der Waals surface area contributed by atoms with Gasteiger partial charge in [-0.25, -0.2) is 4.79 Å². The number of Topliss-reactive ketones (excluding diaryl/α,β-unsaturated/α-hetero) is 1. The highest BCUT2D eigenvalue weighted by Gasteiger charge is 2.45. The van der Waals surface area contributed by atoms with Crippen molar-refractivity contribution in [3.8, 4) is 0 Å². The Morgan fingerprint density at radius 3 is 1.87 bits per heavy atom. The SMILES string of the molecule is CC[C@H](C)C(C)(C)C(=O)[C@H](O)/C(C)=C(\C)[C@H](C)OC(=O)[C@H](O[Si](C)(C)C(C)(C)C)[C@@H](NC(=O)c1ccccc1)c1ccccc1. The van der Waals surface area contributed by atoms with Gasteiger partial charge in [-0.3, -0.25) is 9.59 Å². The zero-order valence-electron chi connectivity index (χ0n) is 29.4. The van der Waals surface area contributed by atoms with Crippen molar-refractivity contribution in [1.29, 1.82) is 0 Å². The number of carbonyl (C=O) groups excluding carboxylic acids is 3. The standard InChI is InChI=1S/C37H55NO6Si/c1-13-24(2)37(9,10)33(40)31(39)26(4)25(3)27(5)43-35(42)32(44-45(11,12)36(6,7)8)30(28-20-16-14-17-21-28)38-34(41)29-22-18-15-19-23-29/h14-24,27,30-32,39H,13H2,1-12H3,(H,38,41)/b26-25+/t24-,27-,30-,31+,32+/m0/s1. The van der Waals surface area contributed by atoms with Gasteiger partial charge in [0, 0.05) is 11.0 Å². The van der Waals surface area contributed by atoms with E-state index in [1.807, 2.05) is 77.2 Å². The maximum Gasteiger partial charge on any atom is 0.337 e. The van der Waals surface area contributed by atoms with Gasteiger partial charge in [-0.15, -0.1) is 0 Å². The number of nitrogens with one attached hydrogen (secondary N) is 1. The van der Waals surface area contributed by atoms with E-state index in [4.69, 9.17) is 9.16 Å². The normalized spacial score (nSPS) is 16.5. The van der Waals surface area contributed by atoms with Crippen LogP contribution < -0.4 is 5.32 Å². The van der Waals surface area contributed by atoms with Gasteiger partial charge in [-0.2, -0.15) is 0 Å². The number of hydrogen-bond donors (Lipinski definition) is 2. The Bertz CT molecular complexity index is 1330. The highest BCUT2D eigenvalue weighted by Crippen LogP contribution is 2.39. The van der Waals surface area contributed by atoms with Crippen LogP contribution in [0.15, 0.2) is 71.8 Å². The number of rotatable bonds is 14. The number of esters is 1. The van der Waals surface area contributed by atoms with Gasteiger partial charge in [-0.05, 0) is 73.7 Å². The molecule has 0 aliphatic carbocycles. The van der Waals surface area contributed by atoms with E-state index >= 15 is 0 Å². The quantitative estimate of drug-likeness (QED) is 0.124. The lowest BCUT2D eigenvalue weighted by Gasteiger charge is -2.41. The number of benzene rings is 2. The number of carbonyl (C=O) groups is 3. The van der Waals surface area contributed by atoms with Crippen molar-refractivity contribution in [2.45, 2.75) is 118 Å². The fourth-order valence-electron chi connectivity index (χ4n) is 4.72. The Kier molecular flexibility index (Phi) is 13.1. The highest BCUT2D eigenvalue weighted by atomic mass is 28.4. The minimum atomic E-state index is -2.57. The number of amides is 1. The van der Waals surface area contributed by atoms with Gasteiger partial charge in [0.05, 0.1) is 6.04 Å². The van der Waals surface area contributed by atoms with Crippen molar-refractivity contribution in [1.82, 2.24) is 5.32 Å². The minimum absolute atomic E-state index is 0.0808. The Morgan fingerprint density at radius 2 is 1.38 bits per heavy atom. The molecule has 7 nitrogen and oxygen atoms in total. The van der Waals surface area contributed by atoms with Gasteiger partial charge in [0.2, 0.25) is 0 Å². The van der Waals surface area contributed by atoms with Crippen molar-refractivity contribution in [3.05, 3.63) is 82.9 Å². The number of aliphatic hydroxyl groups excluding tert-OH is 1. The Balaban J connectivity index is 2.52. The van der Waals surface area contributed by atoms with Crippen LogP contribution in [0.25, 0.3) is 0 Å². The van der Waals surface area contributed by atoms with Crippen molar-refractivity contribution >= 4 is 26.0 Å². The first-order valence-electron chi connectivity index (χ1n) is 15.9. The maximum atomic E-state index is 14.2. The third-order valence-electron chi connectivity index (χ3n) is 9.91. The first-order chi connectivity index (χ1) is 20.8. The molecular weight excluding hydrogens is 582 g/mol. The molecule has 0 saturated carbocycles. The van der Waals surface area contributed by atoms with Gasteiger partial charge in [0.25, 0.3) is 5.91 Å². The van der Waals surface area contributed by atoms with Crippen LogP contribution >= 0.6 is 0 Å². The molecule has 2 rings (SSSR count). The molecular formula is C37H55NO6Si. The Morgan fingerprint density at radius 1 is 0.867 bits per heavy atom. The van der Waals surface area contributed by atoms with Crippen LogP contribution in [0.2, 0.25) is 18.1 Å². The molecule has 2 aromatic carbocycles. The van der Waals surface area contributed by atoms with E-state index in [9.17, 15) is 19.5 Å². The molecule has 0 saturated heterocycles. The molecule has 248 valence electrons. The van der Waals surface area contributed by atoms with Gasteiger partial charge >= 0.3 is 5.97 Å². The number of aliphatic hydroxyl groups is 1. The number of ether oxygens (including phenoxy) is 1. The van der Waals surface area contributed by atoms with Crippen molar-refractivity contribution in [3.63, 3.8) is 0 Å². The van der Waals surface area contributed by atoms with E-state index in [0.29, 0.717) is 22.3 Å². The fourth-order valence-corrected chi connectivity index (χ4v) is 5.94. The third-order valence-corrected chi connectivity index (χ3v) is 14.4. The molecule has 5 atom stereocenters. The largest absolute Gasteiger partial charge is 0.456 e. The lowest BCUT2D eigenvalue weighted by atomic mass is 9.72. The number of ketones is 1. The minimum Gasteiger partial charge on any atom is -0.456 e. The molecule has 8 heteroatoms. The topological polar surface area (TPSA) is 102 Å². The molecule has 2 aromatic rings. The van der Waals surface area contributed by atoms with Crippen LogP contribution in [-0.4, -0.2) is 49.4 Å². The molecule has 2 N–H and O–H groups in total. The predicted molar refractivity (Wildman–Crippen MR) is 183 cm³/mol. The Hall–Kier alpha value is -3.07. The molecule has 45 heavy (non-hydrogen) atoms. The van der Waals surface area contributed by atoms with E-state index in [-0.39, 0.29) is 22.6 Å². The van der Waals surface area contributed by atoms with Crippen LogP contribution in [0.3, 0.4) is 0 Å². The smallest absolute Gasteiger partial charge is 0.337 e. The van der Waals surface area contributed by atoms with Crippen LogP contribution in [0.4, 0.5) is 0 Å². The molecule has 0 aliphatic rings. The van der Waals surface area contributed by atoms with E-state index in [1.54, 1.807) is 45.0 Å². The summed E-state index contributed by atoms with van der Waals surface area (Å²) in [5.41, 5.74) is 1.47. The molecule has 1 amide bonds. The van der Waals surface area contributed by atoms with Crippen LogP contribution in [0, 0.1) is 11.3 Å². The van der Waals surface area contributed by atoms with Crippen LogP contribution in [0.5, 0.6) is 0 Å². The average Bonchev–Trinajstić information content (AvgIpc) is 3.00. The predicted octanol–water partition coefficient (Wildman–Crippen LogP) is 7.82. The molecule has 0 spiro atoms. The monoisotopic (exact) mass is 637 g/mol. The van der Waals surface area contributed by atoms with E-state index < -0.39 is 44.1 Å². The average molecular weight is 638 g/mol. The summed E-state index contributed by atoms with van der Waals surface area (Å²) < 4.78 is 12.8. The fraction of sp³-hybridized carbons (Fsp3) is 0.541. The zero-order valence-corrected chi connectivity index (χ0v) is 30.4. The van der Waals surface area contributed by atoms with Crippen molar-refractivity contribution in [2.75, 3.05) is 0 Å². The van der Waals surface area contributed by atoms with Crippen LogP contribution in [-0.2, 0) is 18.8 Å². The molecule has 0 fully saturated rings. The second-order valence-electron chi connectivity index (χ2n) is 14.3. The molecule has 0 heterocycles. The summed E-state index contributed by atoms with van der Waals surface area (Å²) in [5, 5.41) is 13.9. The summed E-state index contributed by atoms with van der Waals surface area (Å²) in [5.74, 6) is -1.16. The summed E-state index contributed by atoms with van der Waals surface area (Å²) >= 11 is 0. The summed E-state index contributed by atoms with van der Waals surface area (Å²) in [6, 6.07) is 17.3. The van der Waals surface area contributed by atoms with Gasteiger partial charge < -0.3 is 19.6 Å². The molecule has 0 bridgehead atoms. The summed E-state index contributed by atoms with van der Waals surface area (Å²) in [6.45, 7) is 23.3. The van der Waals surface area contributed by atoms with Crippen molar-refractivity contribution in [2.24, 2.45) is 11.3 Å². The first-order valence-corrected chi connectivity index (χ1v) is 18.9. The highest BCUT2D eigenvalue weighted by molar-refractivity contribution is 6.74. The van der Waals surface area contributed by atoms with Gasteiger partial charge in [-0.1, -0.05) is 103 Å². The van der Waals surface area contributed by atoms with E-state index in [2.05, 4.69) is 26.1 Å². The van der Waals surface area contributed by atoms with E-state index in [1.165, 1.54) is 0 Å². The Labute approximate surface area is 271 Å². The molecule has 0 aromatic heterocycles. The second-order valence-corrected chi connectivity index (χ2v) is 19.0. The van der Waals surface area contributed by atoms with Crippen molar-refractivity contribution < 1.29 is 28.7 Å². The number of hydrogen-bond acceptors (Lipinski definition) is 6. The lowest BCUT2D eigenvalue weighted by Crippen LogP contribution is -2.52. The van der Waals surface area contributed by atoms with Crippen LogP contribution in [0.1, 0.15) is 97.6 Å². The van der Waals surface area contributed by atoms with E-state index in [0.717, 1.165) is 6.42 Å². The molecule has 0 aliphatic heterocycles. The zero-order chi connectivity index (χ0) is 34.3. The first kappa shape index (κ1) is 38.1. The maximum absolute atomic E-state index is 14.2. The molecule has 0 unspecified atom stereocenters. The van der Waals surface area contributed by atoms with Gasteiger partial charge in [0.1, 0.15) is 12.2 Å². The van der Waals surface area contributed by atoms with Gasteiger partial charge in [0.15, 0.2) is 20.2 Å². The lowest BCUT2D eigenvalue weighted by molar-refractivity contribution is -0.157. The summed E-state index contributed by atoms with van der Waals surface area (Å²) in [4.78, 5) is 41.0. The third kappa shape index (κ3) is 9.47. The summed E-state index contributed by atoms with van der Waals surface area (Å²) in [7, 11) is -2.57. The molecule has 0 radical (unpaired) electrons.